The molecule has 2 aromatic heterocycles. The molecule has 0 saturated heterocycles. The Morgan fingerprint density at radius 1 is 1.18 bits per heavy atom. The Labute approximate surface area is 200 Å². The summed E-state index contributed by atoms with van der Waals surface area (Å²) in [6.07, 6.45) is 2.78. The summed E-state index contributed by atoms with van der Waals surface area (Å²) in [5, 5.41) is 2.62. The quantitative estimate of drug-likeness (QED) is 0.534. The van der Waals surface area contributed by atoms with Gasteiger partial charge >= 0.3 is 0 Å². The van der Waals surface area contributed by atoms with Crippen molar-refractivity contribution in [2.45, 2.75) is 40.8 Å². The number of ether oxygens (including phenoxy) is 1. The molecule has 0 bridgehead atoms. The van der Waals surface area contributed by atoms with Crippen LogP contribution < -0.4 is 15.6 Å². The smallest absolute Gasteiger partial charge is 0.273 e. The van der Waals surface area contributed by atoms with E-state index in [2.05, 4.69) is 15.3 Å². The molecule has 10 heteroatoms. The number of nitrogens with one attached hydrogen (secondary N) is 1. The fourth-order valence-corrected chi connectivity index (χ4v) is 3.17. The van der Waals surface area contributed by atoms with Crippen molar-refractivity contribution in [2.24, 2.45) is 5.41 Å². The fraction of sp³-hybridized carbons (Fsp3) is 0.333. The molecule has 1 aromatic carbocycles. The van der Waals surface area contributed by atoms with Crippen molar-refractivity contribution in [1.29, 1.82) is 0 Å². The first-order valence-corrected chi connectivity index (χ1v) is 10.9. The average molecular weight is 491 g/mol. The van der Waals surface area contributed by atoms with Gasteiger partial charge < -0.3 is 14.6 Å². The maximum absolute atomic E-state index is 13.8. The average Bonchev–Trinajstić information content (AvgIpc) is 2.77. The molecule has 7 nitrogen and oxygen atoms in total. The number of carbonyl (C=O) groups is 1. The van der Waals surface area contributed by atoms with Gasteiger partial charge in [0.15, 0.2) is 0 Å². The van der Waals surface area contributed by atoms with E-state index in [0.29, 0.717) is 17.9 Å². The molecule has 1 N–H and O–H groups in total. The normalized spacial score (nSPS) is 11.4. The largest absolute Gasteiger partial charge is 0.487 e. The highest BCUT2D eigenvalue weighted by Crippen LogP contribution is 2.24. The summed E-state index contributed by atoms with van der Waals surface area (Å²) in [5.74, 6) is -1.69. The Balaban J connectivity index is 1.72. The van der Waals surface area contributed by atoms with E-state index in [4.69, 9.17) is 16.3 Å². The zero-order valence-electron chi connectivity index (χ0n) is 19.3. The van der Waals surface area contributed by atoms with Crippen molar-refractivity contribution in [3.8, 4) is 5.75 Å². The van der Waals surface area contributed by atoms with E-state index in [-0.39, 0.29) is 46.5 Å². The summed E-state index contributed by atoms with van der Waals surface area (Å²) in [7, 11) is 0. The molecule has 0 atom stereocenters. The topological polar surface area (TPSA) is 86.1 Å². The van der Waals surface area contributed by atoms with Crippen LogP contribution in [0.15, 0.2) is 41.5 Å². The van der Waals surface area contributed by atoms with Crippen molar-refractivity contribution in [3.05, 3.63) is 86.3 Å². The Kier molecular flexibility index (Phi) is 7.66. The van der Waals surface area contributed by atoms with E-state index < -0.39 is 17.2 Å². The van der Waals surface area contributed by atoms with Crippen LogP contribution in [0.2, 0.25) is 5.02 Å². The van der Waals surface area contributed by atoms with Crippen molar-refractivity contribution >= 4 is 17.5 Å². The number of carbonyl (C=O) groups excluding carboxylic acids is 1. The molecule has 34 heavy (non-hydrogen) atoms. The summed E-state index contributed by atoms with van der Waals surface area (Å²) in [4.78, 5) is 33.4. The number of halogens is 3. The van der Waals surface area contributed by atoms with Crippen LogP contribution in [0.25, 0.3) is 0 Å². The molecular formula is C24H25ClF2N4O3. The van der Waals surface area contributed by atoms with Gasteiger partial charge in [-0.15, -0.1) is 0 Å². The molecule has 0 aliphatic heterocycles. The number of aromatic nitrogens is 3. The molecule has 3 aromatic rings. The number of nitrogens with zero attached hydrogens (tertiary/aromatic N) is 3. The van der Waals surface area contributed by atoms with Gasteiger partial charge in [0.2, 0.25) is 0 Å². The van der Waals surface area contributed by atoms with Gasteiger partial charge in [0.25, 0.3) is 11.5 Å². The standard InChI is InChI=1S/C24H25ClF2N4O3/c1-14-7-20(34-12-15-5-6-16(26)8-18(15)27)21(25)23(33)31(14)11-17-9-29-19(10-28-17)22(32)30-13-24(2,3)4/h5-10H,11-13H2,1-4H3,(H,30,32). The predicted octanol–water partition coefficient (Wildman–Crippen LogP) is 4.28. The van der Waals surface area contributed by atoms with Gasteiger partial charge in [-0.05, 0) is 24.5 Å². The Bertz CT molecular complexity index is 1250. The molecule has 0 radical (unpaired) electrons. The van der Waals surface area contributed by atoms with E-state index in [1.54, 1.807) is 13.0 Å². The Morgan fingerprint density at radius 2 is 1.91 bits per heavy atom. The summed E-state index contributed by atoms with van der Waals surface area (Å²) in [6.45, 7) is 8.04. The molecule has 0 aliphatic carbocycles. The molecule has 0 aliphatic rings. The number of hydrogen-bond donors (Lipinski definition) is 1. The van der Waals surface area contributed by atoms with Crippen LogP contribution in [0.4, 0.5) is 8.78 Å². The monoisotopic (exact) mass is 490 g/mol. The second kappa shape index (κ2) is 10.3. The molecule has 180 valence electrons. The zero-order chi connectivity index (χ0) is 25.0. The molecule has 0 spiro atoms. The van der Waals surface area contributed by atoms with Gasteiger partial charge in [-0.3, -0.25) is 14.6 Å². The Morgan fingerprint density at radius 3 is 2.53 bits per heavy atom. The number of hydrogen-bond acceptors (Lipinski definition) is 5. The van der Waals surface area contributed by atoms with Crippen LogP contribution >= 0.6 is 11.6 Å². The van der Waals surface area contributed by atoms with Gasteiger partial charge in [-0.1, -0.05) is 32.4 Å². The Hall–Kier alpha value is -3.33. The summed E-state index contributed by atoms with van der Waals surface area (Å²) < 4.78 is 33.8. The maximum atomic E-state index is 13.8. The van der Waals surface area contributed by atoms with Crippen LogP contribution in [0.3, 0.4) is 0 Å². The minimum Gasteiger partial charge on any atom is -0.487 e. The molecule has 0 saturated carbocycles. The van der Waals surface area contributed by atoms with E-state index in [9.17, 15) is 18.4 Å². The summed E-state index contributed by atoms with van der Waals surface area (Å²) in [6, 6.07) is 4.68. The first kappa shape index (κ1) is 25.3. The van der Waals surface area contributed by atoms with E-state index in [1.807, 2.05) is 20.8 Å². The number of amides is 1. The van der Waals surface area contributed by atoms with E-state index in [0.717, 1.165) is 12.1 Å². The minimum absolute atomic E-state index is 0.0654. The van der Waals surface area contributed by atoms with Crippen LogP contribution in [-0.4, -0.2) is 27.0 Å². The third-order valence-corrected chi connectivity index (χ3v) is 5.20. The van der Waals surface area contributed by atoms with Crippen molar-refractivity contribution < 1.29 is 18.3 Å². The SMILES string of the molecule is Cc1cc(OCc2ccc(F)cc2F)c(Cl)c(=O)n1Cc1cnc(C(=O)NCC(C)(C)C)cn1. The number of rotatable bonds is 7. The highest BCUT2D eigenvalue weighted by Gasteiger charge is 2.16. The van der Waals surface area contributed by atoms with E-state index >= 15 is 0 Å². The van der Waals surface area contributed by atoms with Gasteiger partial charge in [-0.25, -0.2) is 13.8 Å². The van der Waals surface area contributed by atoms with Gasteiger partial charge in [-0.2, -0.15) is 0 Å². The lowest BCUT2D eigenvalue weighted by Gasteiger charge is -2.18. The van der Waals surface area contributed by atoms with Gasteiger partial charge in [0.05, 0.1) is 24.6 Å². The second-order valence-corrected chi connectivity index (χ2v) is 9.39. The predicted molar refractivity (Wildman–Crippen MR) is 124 cm³/mol. The first-order chi connectivity index (χ1) is 15.9. The second-order valence-electron chi connectivity index (χ2n) is 9.02. The lowest BCUT2D eigenvalue weighted by atomic mass is 9.97. The lowest BCUT2D eigenvalue weighted by Crippen LogP contribution is -2.32. The van der Waals surface area contributed by atoms with Crippen LogP contribution in [0.5, 0.6) is 5.75 Å². The first-order valence-electron chi connectivity index (χ1n) is 10.5. The minimum atomic E-state index is -0.754. The summed E-state index contributed by atoms with van der Waals surface area (Å²) >= 11 is 6.21. The van der Waals surface area contributed by atoms with E-state index in [1.165, 1.54) is 23.0 Å². The number of benzene rings is 1. The third kappa shape index (κ3) is 6.38. The lowest BCUT2D eigenvalue weighted by molar-refractivity contribution is 0.0934. The zero-order valence-corrected chi connectivity index (χ0v) is 20.0. The molecule has 1 amide bonds. The van der Waals surface area contributed by atoms with Crippen molar-refractivity contribution in [3.63, 3.8) is 0 Å². The third-order valence-electron chi connectivity index (χ3n) is 4.85. The highest BCUT2D eigenvalue weighted by molar-refractivity contribution is 6.31. The van der Waals surface area contributed by atoms with Crippen LogP contribution in [-0.2, 0) is 13.2 Å². The molecule has 0 unspecified atom stereocenters. The number of aryl methyl sites for hydroxylation is 1. The highest BCUT2D eigenvalue weighted by atomic mass is 35.5. The molecule has 2 heterocycles. The molecule has 0 fully saturated rings. The van der Waals surface area contributed by atoms with Crippen molar-refractivity contribution in [2.75, 3.05) is 6.54 Å². The van der Waals surface area contributed by atoms with Crippen LogP contribution in [0.1, 0.15) is 48.2 Å². The summed E-state index contributed by atoms with van der Waals surface area (Å²) in [5.41, 5.74) is 0.691. The molecular weight excluding hydrogens is 466 g/mol. The number of pyridine rings is 1. The van der Waals surface area contributed by atoms with Gasteiger partial charge in [0, 0.05) is 29.9 Å². The fourth-order valence-electron chi connectivity index (χ4n) is 2.96. The maximum Gasteiger partial charge on any atom is 0.273 e. The van der Waals surface area contributed by atoms with Crippen molar-refractivity contribution in [1.82, 2.24) is 19.9 Å². The van der Waals surface area contributed by atoms with Gasteiger partial charge in [0.1, 0.15) is 34.7 Å². The molecule has 3 rings (SSSR count). The van der Waals surface area contributed by atoms with Crippen LogP contribution in [0, 0.1) is 24.0 Å².